The molecule has 0 aromatic heterocycles. The number of rotatable bonds is 5. The Bertz CT molecular complexity index is 1290. The first-order valence-corrected chi connectivity index (χ1v) is 22.6. The number of nitrogens with zero attached hydrogens (tertiary/aromatic N) is 4. The minimum absolute atomic E-state index is 0.118. The van der Waals surface area contributed by atoms with E-state index in [0.29, 0.717) is 72.7 Å². The molecular formula is C47H84N4O4. The Morgan fingerprint density at radius 2 is 1.11 bits per heavy atom. The van der Waals surface area contributed by atoms with Crippen LogP contribution in [0, 0.1) is 39.4 Å². The highest BCUT2D eigenvalue weighted by Crippen LogP contribution is 2.53. The number of morpholine rings is 1. The van der Waals surface area contributed by atoms with E-state index in [-0.39, 0.29) is 16.2 Å². The van der Waals surface area contributed by atoms with Gasteiger partial charge in [0, 0.05) is 76.2 Å². The van der Waals surface area contributed by atoms with Crippen LogP contribution in [0.5, 0.6) is 0 Å². The van der Waals surface area contributed by atoms with Gasteiger partial charge in [0.15, 0.2) is 0 Å². The van der Waals surface area contributed by atoms with Crippen molar-refractivity contribution in [3.8, 4) is 0 Å². The first-order valence-electron chi connectivity index (χ1n) is 22.6. The molecule has 8 fully saturated rings. The zero-order valence-electron chi connectivity index (χ0n) is 37.8. The van der Waals surface area contributed by atoms with Gasteiger partial charge in [0.1, 0.15) is 0 Å². The van der Waals surface area contributed by atoms with Crippen molar-refractivity contribution in [1.29, 1.82) is 0 Å². The van der Waals surface area contributed by atoms with Crippen molar-refractivity contribution >= 4 is 17.7 Å². The third kappa shape index (κ3) is 13.2. The summed E-state index contributed by atoms with van der Waals surface area (Å²) in [6.07, 6.45) is 16.7. The van der Waals surface area contributed by atoms with Gasteiger partial charge in [0.25, 0.3) is 0 Å². The van der Waals surface area contributed by atoms with Crippen LogP contribution in [0.4, 0.5) is 0 Å². The lowest BCUT2D eigenvalue weighted by Gasteiger charge is -2.32. The predicted molar refractivity (Wildman–Crippen MR) is 225 cm³/mol. The van der Waals surface area contributed by atoms with Gasteiger partial charge >= 0.3 is 0 Å². The molecule has 5 saturated heterocycles. The van der Waals surface area contributed by atoms with E-state index < -0.39 is 0 Å². The van der Waals surface area contributed by atoms with Crippen LogP contribution in [-0.2, 0) is 19.1 Å². The van der Waals surface area contributed by atoms with Crippen molar-refractivity contribution in [3.63, 3.8) is 0 Å². The van der Waals surface area contributed by atoms with Gasteiger partial charge in [-0.1, -0.05) is 83.1 Å². The van der Waals surface area contributed by atoms with E-state index in [1.54, 1.807) is 0 Å². The van der Waals surface area contributed by atoms with Crippen LogP contribution in [0.2, 0.25) is 0 Å². The van der Waals surface area contributed by atoms with E-state index in [2.05, 4.69) is 97.8 Å². The maximum Gasteiger partial charge on any atom is 0.223 e. The van der Waals surface area contributed by atoms with Gasteiger partial charge in [-0.3, -0.25) is 19.3 Å². The van der Waals surface area contributed by atoms with Crippen molar-refractivity contribution < 1.29 is 19.1 Å². The van der Waals surface area contributed by atoms with Crippen LogP contribution < -0.4 is 0 Å². The van der Waals surface area contributed by atoms with Crippen LogP contribution in [0.15, 0.2) is 0 Å². The SMILES string of the molecule is CC(C)(C)CC(=O)N1C2CCC1CC2.CC(C)(C)CC(=O)N1CC2CCC1C2.CC(C)(C)CN1CC2CC1CO2.CN(C(=O)CC(C)(C)C)C1CC2CC2C1. The van der Waals surface area contributed by atoms with Gasteiger partial charge in [-0.15, -0.1) is 0 Å². The first kappa shape index (κ1) is 44.4. The second kappa shape index (κ2) is 17.3. The van der Waals surface area contributed by atoms with Gasteiger partial charge in [0.05, 0.1) is 12.7 Å². The topological polar surface area (TPSA) is 73.4 Å². The molecule has 8 aliphatic rings. The highest BCUT2D eigenvalue weighted by atomic mass is 16.5. The quantitative estimate of drug-likeness (QED) is 0.279. The molecular weight excluding hydrogens is 685 g/mol. The van der Waals surface area contributed by atoms with E-state index in [1.165, 1.54) is 83.7 Å². The monoisotopic (exact) mass is 769 g/mol. The summed E-state index contributed by atoms with van der Waals surface area (Å²) >= 11 is 0. The van der Waals surface area contributed by atoms with Crippen molar-refractivity contribution in [2.75, 3.05) is 33.3 Å². The third-order valence-electron chi connectivity index (χ3n) is 13.4. The lowest BCUT2D eigenvalue weighted by atomic mass is 9.91. The third-order valence-corrected chi connectivity index (χ3v) is 13.4. The van der Waals surface area contributed by atoms with Crippen LogP contribution in [0.3, 0.4) is 0 Å². The van der Waals surface area contributed by atoms with Gasteiger partial charge in [-0.05, 0) is 110 Å². The van der Waals surface area contributed by atoms with Crippen LogP contribution >= 0.6 is 0 Å². The highest BCUT2D eigenvalue weighted by molar-refractivity contribution is 5.78. The molecule has 0 aromatic rings. The molecule has 0 spiro atoms. The van der Waals surface area contributed by atoms with Gasteiger partial charge in [-0.2, -0.15) is 0 Å². The highest BCUT2D eigenvalue weighted by Gasteiger charge is 2.48. The number of fused-ring (bicyclic) bond motifs is 7. The van der Waals surface area contributed by atoms with Crippen molar-refractivity contribution in [2.24, 2.45) is 39.4 Å². The summed E-state index contributed by atoms with van der Waals surface area (Å²) in [5.41, 5.74) is 0.829. The standard InChI is InChI=1S/C13H23NO.2C12H21NO.C10H19NO/c1-13(2,3)8-12(15)14(4)11-6-9-5-10(9)7-11;1-12(2,3)7-11(14)13-8-9-4-5-10(13)6-9;1-12(2,3)8-11(14)13-9-4-5-10(13)7-6-9;1-10(2,3)7-11-5-9-4-8(11)6-12-9/h9-11H,5-8H2,1-4H3;2*9-10H,4-8H2,1-3H3;8-9H,4-7H2,1-3H3. The molecule has 5 aliphatic heterocycles. The minimum atomic E-state index is 0.118. The summed E-state index contributed by atoms with van der Waals surface area (Å²) in [5.74, 6) is 3.84. The summed E-state index contributed by atoms with van der Waals surface area (Å²) in [6.45, 7) is 30.5. The van der Waals surface area contributed by atoms with Gasteiger partial charge < -0.3 is 19.4 Å². The van der Waals surface area contributed by atoms with Gasteiger partial charge in [-0.25, -0.2) is 0 Å². The normalized spacial score (nSPS) is 33.0. The maximum atomic E-state index is 12.0. The van der Waals surface area contributed by atoms with Crippen LogP contribution in [0.1, 0.15) is 173 Å². The van der Waals surface area contributed by atoms with Gasteiger partial charge in [0.2, 0.25) is 17.7 Å². The molecule has 0 radical (unpaired) electrons. The smallest absolute Gasteiger partial charge is 0.223 e. The second-order valence-electron chi connectivity index (χ2n) is 24.1. The Kier molecular flexibility index (Phi) is 14.0. The Morgan fingerprint density at radius 1 is 0.582 bits per heavy atom. The molecule has 3 aliphatic carbocycles. The predicted octanol–water partition coefficient (Wildman–Crippen LogP) is 9.19. The van der Waals surface area contributed by atoms with Crippen molar-refractivity contribution in [1.82, 2.24) is 19.6 Å². The molecule has 8 nitrogen and oxygen atoms in total. The Balaban J connectivity index is 0.000000141. The fourth-order valence-electron chi connectivity index (χ4n) is 10.7. The molecule has 0 N–H and O–H groups in total. The molecule has 6 atom stereocenters. The van der Waals surface area contributed by atoms with E-state index >= 15 is 0 Å². The van der Waals surface area contributed by atoms with Crippen molar-refractivity contribution in [3.05, 3.63) is 0 Å². The summed E-state index contributed by atoms with van der Waals surface area (Å²) in [5, 5.41) is 0. The van der Waals surface area contributed by atoms with E-state index in [4.69, 9.17) is 4.74 Å². The molecule has 8 heteroatoms. The summed E-state index contributed by atoms with van der Waals surface area (Å²) in [4.78, 5) is 44.9. The lowest BCUT2D eigenvalue weighted by Crippen LogP contribution is -2.41. The zero-order valence-corrected chi connectivity index (χ0v) is 37.8. The summed E-state index contributed by atoms with van der Waals surface area (Å²) in [6, 6.07) is 3.05. The number of likely N-dealkylation sites (tertiary alicyclic amines) is 2. The fourth-order valence-corrected chi connectivity index (χ4v) is 10.7. The minimum Gasteiger partial charge on any atom is -0.375 e. The van der Waals surface area contributed by atoms with Crippen molar-refractivity contribution in [2.45, 2.75) is 209 Å². The average Bonchev–Trinajstić information content (AvgIpc) is 3.81. The number of hydrogen-bond acceptors (Lipinski definition) is 5. The largest absolute Gasteiger partial charge is 0.375 e. The number of carbonyl (C=O) groups excluding carboxylic acids is 3. The molecule has 55 heavy (non-hydrogen) atoms. The molecule has 8 rings (SSSR count). The van der Waals surface area contributed by atoms with Crippen LogP contribution in [0.25, 0.3) is 0 Å². The second-order valence-corrected chi connectivity index (χ2v) is 24.1. The average molecular weight is 769 g/mol. The van der Waals surface area contributed by atoms with E-state index in [9.17, 15) is 14.4 Å². The van der Waals surface area contributed by atoms with E-state index in [1.807, 2.05) is 11.9 Å². The summed E-state index contributed by atoms with van der Waals surface area (Å²) in [7, 11) is 1.99. The Hall–Kier alpha value is -1.67. The maximum absolute atomic E-state index is 12.0. The van der Waals surface area contributed by atoms with Crippen LogP contribution in [-0.4, -0.2) is 107 Å². The number of hydrogen-bond donors (Lipinski definition) is 0. The Labute approximate surface area is 337 Å². The summed E-state index contributed by atoms with van der Waals surface area (Å²) < 4.78 is 5.55. The number of carbonyl (C=O) groups is 3. The molecule has 316 valence electrons. The molecule has 6 bridgehead atoms. The molecule has 3 saturated carbocycles. The number of amides is 3. The first-order chi connectivity index (χ1) is 25.3. The molecule has 6 unspecified atom stereocenters. The van der Waals surface area contributed by atoms with E-state index in [0.717, 1.165) is 36.9 Å². The fraction of sp³-hybridized carbons (Fsp3) is 0.936. The number of piperidine rings is 1. The molecule has 5 heterocycles. The lowest BCUT2D eigenvalue weighted by molar-refractivity contribution is -0.135. The zero-order chi connectivity index (χ0) is 40.7. The molecule has 3 amide bonds. The number of ether oxygens (including phenoxy) is 1. The Morgan fingerprint density at radius 3 is 1.53 bits per heavy atom. The molecule has 0 aromatic carbocycles.